The number of carbonyl (C=O) groups is 1. The number of rotatable bonds is 2. The Balaban J connectivity index is 4.91. The van der Waals surface area contributed by atoms with Gasteiger partial charge in [0.15, 0.2) is 20.8 Å². The average molecular weight is 199 g/mol. The molecule has 0 bridgehead atoms. The van der Waals surface area contributed by atoms with E-state index in [4.69, 9.17) is 11.6 Å². The minimum absolute atomic E-state index is 0.224. The summed E-state index contributed by atoms with van der Waals surface area (Å²) in [5.41, 5.74) is 0. The Morgan fingerprint density at radius 2 is 1.73 bits per heavy atom. The van der Waals surface area contributed by atoms with E-state index in [1.54, 1.807) is 0 Å². The van der Waals surface area contributed by atoms with Gasteiger partial charge < -0.3 is 4.79 Å². The molecule has 0 rings (SSSR count). The molecule has 66 valence electrons. The smallest absolute Gasteiger partial charge is 0.190 e. The van der Waals surface area contributed by atoms with E-state index in [0.717, 1.165) is 0 Å². The van der Waals surface area contributed by atoms with Crippen LogP contribution in [0, 0.1) is 0 Å². The van der Waals surface area contributed by atoms with Gasteiger partial charge >= 0.3 is 0 Å². The zero-order valence-electron chi connectivity index (χ0n) is 6.67. The van der Waals surface area contributed by atoms with Gasteiger partial charge in [-0.1, -0.05) is 11.6 Å². The molecule has 0 N–H and O–H groups in total. The van der Waals surface area contributed by atoms with Crippen molar-refractivity contribution >= 4 is 27.7 Å². The first kappa shape index (κ1) is 10.9. The average Bonchev–Trinajstić information content (AvgIpc) is 1.83. The molecule has 5 heteroatoms. The van der Waals surface area contributed by atoms with Crippen LogP contribution in [-0.4, -0.2) is 24.2 Å². The summed E-state index contributed by atoms with van der Waals surface area (Å²) in [6.45, 7) is 4.50. The molecule has 11 heavy (non-hydrogen) atoms. The van der Waals surface area contributed by atoms with Crippen LogP contribution in [0.15, 0.2) is 0 Å². The number of sulfone groups is 1. The molecule has 0 aromatic rings. The lowest BCUT2D eigenvalue weighted by Crippen LogP contribution is -2.35. The van der Waals surface area contributed by atoms with Crippen LogP contribution in [0.4, 0.5) is 0 Å². The number of carbonyl (C=O) groups excluding carboxylic acids is 1. The van der Waals surface area contributed by atoms with Gasteiger partial charge in [-0.2, -0.15) is 0 Å². The summed E-state index contributed by atoms with van der Waals surface area (Å²) in [5, 5.41) is 0. The number of halogens is 1. The molecule has 0 amide bonds. The first-order valence-corrected chi connectivity index (χ1v) is 5.04. The maximum atomic E-state index is 11.2. The summed E-state index contributed by atoms with van der Waals surface area (Å²) < 4.78 is 20.0. The SMILES string of the molecule is CC(C)(C)S(=O)(=O)C(Cl)C=O. The number of aldehydes is 1. The molecule has 0 radical (unpaired) electrons. The summed E-state index contributed by atoms with van der Waals surface area (Å²) in [6.07, 6.45) is 0.224. The second-order valence-corrected chi connectivity index (χ2v) is 6.70. The summed E-state index contributed by atoms with van der Waals surface area (Å²) in [4.78, 5) is 10.1. The summed E-state index contributed by atoms with van der Waals surface area (Å²) >= 11 is 5.29. The molecular formula is C6H11ClO3S. The van der Waals surface area contributed by atoms with E-state index in [-0.39, 0.29) is 6.29 Å². The molecule has 0 saturated heterocycles. The molecule has 0 heterocycles. The highest BCUT2D eigenvalue weighted by Crippen LogP contribution is 2.21. The number of hydrogen-bond donors (Lipinski definition) is 0. The Labute approximate surface area is 71.7 Å². The molecule has 0 spiro atoms. The van der Waals surface area contributed by atoms with Crippen LogP contribution in [-0.2, 0) is 14.6 Å². The van der Waals surface area contributed by atoms with Gasteiger partial charge in [-0.25, -0.2) is 8.42 Å². The van der Waals surface area contributed by atoms with Gasteiger partial charge in [0.1, 0.15) is 0 Å². The normalized spacial score (nSPS) is 16.0. The highest BCUT2D eigenvalue weighted by molar-refractivity contribution is 7.95. The van der Waals surface area contributed by atoms with Gasteiger partial charge in [0.25, 0.3) is 0 Å². The topological polar surface area (TPSA) is 51.2 Å². The summed E-state index contributed by atoms with van der Waals surface area (Å²) in [6, 6.07) is 0. The largest absolute Gasteiger partial charge is 0.301 e. The van der Waals surface area contributed by atoms with E-state index in [0.29, 0.717) is 0 Å². The van der Waals surface area contributed by atoms with Crippen LogP contribution < -0.4 is 0 Å². The van der Waals surface area contributed by atoms with E-state index in [9.17, 15) is 13.2 Å². The molecule has 0 fully saturated rings. The number of alkyl halides is 1. The first-order chi connectivity index (χ1) is 4.73. The van der Waals surface area contributed by atoms with Crippen LogP contribution in [0.2, 0.25) is 0 Å². The van der Waals surface area contributed by atoms with E-state index < -0.39 is 19.3 Å². The highest BCUT2D eigenvalue weighted by Gasteiger charge is 2.35. The van der Waals surface area contributed by atoms with E-state index in [1.807, 2.05) is 0 Å². The molecule has 0 aromatic carbocycles. The molecule has 1 unspecified atom stereocenters. The van der Waals surface area contributed by atoms with Crippen molar-refractivity contribution in [1.82, 2.24) is 0 Å². The lowest BCUT2D eigenvalue weighted by molar-refractivity contribution is -0.106. The Hall–Kier alpha value is -0.0900. The Morgan fingerprint density at radius 3 is 1.82 bits per heavy atom. The second-order valence-electron chi connectivity index (χ2n) is 3.14. The second kappa shape index (κ2) is 3.11. The fraction of sp³-hybridized carbons (Fsp3) is 0.833. The predicted octanol–water partition coefficient (Wildman–Crippen LogP) is 0.964. The van der Waals surface area contributed by atoms with Crippen LogP contribution in [0.3, 0.4) is 0 Å². The van der Waals surface area contributed by atoms with Crippen LogP contribution in [0.25, 0.3) is 0 Å². The molecule has 1 atom stereocenters. The standard InChI is InChI=1S/C6H11ClO3S/c1-6(2,3)11(9,10)5(7)4-8/h4-5H,1-3H3. The zero-order chi connectivity index (χ0) is 9.28. The van der Waals surface area contributed by atoms with E-state index in [1.165, 1.54) is 20.8 Å². The third-order valence-electron chi connectivity index (χ3n) is 1.26. The van der Waals surface area contributed by atoms with E-state index >= 15 is 0 Å². The van der Waals surface area contributed by atoms with Gasteiger partial charge in [-0.05, 0) is 20.8 Å². The molecule has 0 aliphatic heterocycles. The Kier molecular flexibility index (Phi) is 3.08. The Bertz CT molecular complexity index is 237. The van der Waals surface area contributed by atoms with Gasteiger partial charge in [0.2, 0.25) is 0 Å². The fourth-order valence-electron chi connectivity index (χ4n) is 0.411. The first-order valence-electron chi connectivity index (χ1n) is 3.06. The molecule has 3 nitrogen and oxygen atoms in total. The molecular weight excluding hydrogens is 188 g/mol. The van der Waals surface area contributed by atoms with Crippen molar-refractivity contribution in [1.29, 1.82) is 0 Å². The molecule has 0 aliphatic rings. The lowest BCUT2D eigenvalue weighted by Gasteiger charge is -2.19. The minimum atomic E-state index is -3.53. The monoisotopic (exact) mass is 198 g/mol. The Morgan fingerprint density at radius 1 is 1.36 bits per heavy atom. The van der Waals surface area contributed by atoms with Crippen molar-refractivity contribution in [2.45, 2.75) is 30.2 Å². The third kappa shape index (κ3) is 2.17. The van der Waals surface area contributed by atoms with Crippen molar-refractivity contribution in [2.75, 3.05) is 0 Å². The molecule has 0 aromatic heterocycles. The zero-order valence-corrected chi connectivity index (χ0v) is 8.24. The lowest BCUT2D eigenvalue weighted by atomic mass is 10.3. The van der Waals surface area contributed by atoms with Crippen molar-refractivity contribution in [3.05, 3.63) is 0 Å². The fourth-order valence-corrected chi connectivity index (χ4v) is 2.03. The number of hydrogen-bond acceptors (Lipinski definition) is 3. The van der Waals surface area contributed by atoms with Gasteiger partial charge in [-0.15, -0.1) is 0 Å². The molecule has 0 saturated carbocycles. The predicted molar refractivity (Wildman–Crippen MR) is 44.4 cm³/mol. The van der Waals surface area contributed by atoms with Crippen LogP contribution in [0.1, 0.15) is 20.8 Å². The summed E-state index contributed by atoms with van der Waals surface area (Å²) in [5.74, 6) is 0. The van der Waals surface area contributed by atoms with Gasteiger partial charge in [0, 0.05) is 0 Å². The van der Waals surface area contributed by atoms with Gasteiger partial charge in [-0.3, -0.25) is 0 Å². The van der Waals surface area contributed by atoms with Crippen molar-refractivity contribution in [3.63, 3.8) is 0 Å². The molecule has 0 aliphatic carbocycles. The quantitative estimate of drug-likeness (QED) is 0.491. The summed E-state index contributed by atoms with van der Waals surface area (Å²) in [7, 11) is -3.53. The van der Waals surface area contributed by atoms with E-state index in [2.05, 4.69) is 0 Å². The van der Waals surface area contributed by atoms with Crippen molar-refractivity contribution in [3.8, 4) is 0 Å². The van der Waals surface area contributed by atoms with Crippen molar-refractivity contribution < 1.29 is 13.2 Å². The van der Waals surface area contributed by atoms with Gasteiger partial charge in [0.05, 0.1) is 4.75 Å². The minimum Gasteiger partial charge on any atom is -0.301 e. The highest BCUT2D eigenvalue weighted by atomic mass is 35.5. The maximum absolute atomic E-state index is 11.2. The van der Waals surface area contributed by atoms with Crippen LogP contribution in [0.5, 0.6) is 0 Å². The third-order valence-corrected chi connectivity index (χ3v) is 4.47. The van der Waals surface area contributed by atoms with Crippen LogP contribution >= 0.6 is 11.6 Å². The maximum Gasteiger partial charge on any atom is 0.190 e. The van der Waals surface area contributed by atoms with Crippen molar-refractivity contribution in [2.24, 2.45) is 0 Å².